The third-order valence-corrected chi connectivity index (χ3v) is 5.69. The van der Waals surface area contributed by atoms with Gasteiger partial charge in [-0.1, -0.05) is 18.2 Å². The second-order valence-corrected chi connectivity index (χ2v) is 8.10. The molecule has 0 radical (unpaired) electrons. The summed E-state index contributed by atoms with van der Waals surface area (Å²) < 4.78 is 25.4. The highest BCUT2D eigenvalue weighted by Crippen LogP contribution is 2.43. The van der Waals surface area contributed by atoms with Crippen molar-refractivity contribution in [2.24, 2.45) is 0 Å². The second-order valence-electron chi connectivity index (χ2n) is 6.72. The van der Waals surface area contributed by atoms with Crippen LogP contribution in [0.25, 0.3) is 17.2 Å². The number of fused-ring (bicyclic) bond motifs is 1. The van der Waals surface area contributed by atoms with Crippen molar-refractivity contribution >= 4 is 39.9 Å². The van der Waals surface area contributed by atoms with E-state index in [9.17, 15) is 18.2 Å². The number of halogens is 1. The summed E-state index contributed by atoms with van der Waals surface area (Å²) in [5.41, 5.74) is 4.70. The Morgan fingerprint density at radius 1 is 1.14 bits per heavy atom. The average molecular weight is 413 g/mol. The first kappa shape index (κ1) is 20.7. The Morgan fingerprint density at radius 2 is 1.83 bits per heavy atom. The Bertz CT molecular complexity index is 1070. The minimum Gasteiger partial charge on any atom is -0.480 e. The molecule has 7 heteroatoms. The van der Waals surface area contributed by atoms with E-state index in [4.69, 9.17) is 5.11 Å². The summed E-state index contributed by atoms with van der Waals surface area (Å²) in [5.74, 6) is -1.97. The van der Waals surface area contributed by atoms with Gasteiger partial charge in [0.25, 0.3) is 0 Å². The molecule has 2 aromatic carbocycles. The zero-order chi connectivity index (χ0) is 21.1. The fraction of sp³-hybridized carbons (Fsp3) is 0.182. The zero-order valence-corrected chi connectivity index (χ0v) is 16.8. The van der Waals surface area contributed by atoms with Gasteiger partial charge < -0.3 is 10.4 Å². The van der Waals surface area contributed by atoms with Gasteiger partial charge in [-0.15, -0.1) is 0 Å². The van der Waals surface area contributed by atoms with E-state index >= 15 is 0 Å². The minimum atomic E-state index is -1.13. The van der Waals surface area contributed by atoms with E-state index in [1.165, 1.54) is 12.1 Å². The first-order valence-electron chi connectivity index (χ1n) is 8.90. The van der Waals surface area contributed by atoms with Crippen LogP contribution in [0.15, 0.2) is 52.9 Å². The number of benzene rings is 2. The fourth-order valence-corrected chi connectivity index (χ4v) is 3.82. The van der Waals surface area contributed by atoms with E-state index in [2.05, 4.69) is 5.32 Å². The maximum absolute atomic E-state index is 13.9. The smallest absolute Gasteiger partial charge is 0.322 e. The van der Waals surface area contributed by atoms with Crippen molar-refractivity contribution in [1.82, 2.24) is 5.32 Å². The van der Waals surface area contributed by atoms with Crippen molar-refractivity contribution in [3.8, 4) is 0 Å². The first-order valence-corrected chi connectivity index (χ1v) is 10.5. The van der Waals surface area contributed by atoms with Crippen LogP contribution in [0, 0.1) is 5.82 Å². The average Bonchev–Trinajstić information content (AvgIpc) is 2.92. The Labute approximate surface area is 170 Å². The maximum atomic E-state index is 13.9. The number of aliphatic carboxylic acids is 1. The van der Waals surface area contributed by atoms with Crippen molar-refractivity contribution in [1.29, 1.82) is 0 Å². The third-order valence-electron chi connectivity index (χ3n) is 4.75. The Hall–Kier alpha value is -3.06. The van der Waals surface area contributed by atoms with Gasteiger partial charge in [0, 0.05) is 22.0 Å². The van der Waals surface area contributed by atoms with Crippen molar-refractivity contribution in [2.75, 3.05) is 12.8 Å². The van der Waals surface area contributed by atoms with Crippen LogP contribution in [0.3, 0.4) is 0 Å². The van der Waals surface area contributed by atoms with Gasteiger partial charge in [0.15, 0.2) is 0 Å². The largest absolute Gasteiger partial charge is 0.480 e. The maximum Gasteiger partial charge on any atom is 0.322 e. The number of carboxylic acids is 1. The minimum absolute atomic E-state index is 0.0410. The summed E-state index contributed by atoms with van der Waals surface area (Å²) in [7, 11) is -1.06. The van der Waals surface area contributed by atoms with E-state index in [1.807, 2.05) is 25.1 Å². The molecule has 5 nitrogen and oxygen atoms in total. The highest BCUT2D eigenvalue weighted by Gasteiger charge is 2.25. The summed E-state index contributed by atoms with van der Waals surface area (Å²) >= 11 is 0. The van der Waals surface area contributed by atoms with Crippen LogP contribution in [-0.4, -0.2) is 34.0 Å². The van der Waals surface area contributed by atoms with Crippen molar-refractivity contribution in [3.63, 3.8) is 0 Å². The molecule has 29 heavy (non-hydrogen) atoms. The Kier molecular flexibility index (Phi) is 6.08. The normalized spacial score (nSPS) is 15.3. The van der Waals surface area contributed by atoms with E-state index in [0.717, 1.165) is 27.2 Å². The monoisotopic (exact) mass is 413 g/mol. The SMILES string of the molecule is CC1=C(CC(=O)NCC(=O)O)c2cc(F)ccc2/C1=C/c1ccc([S@](C)=O)cc1. The Balaban J connectivity index is 1.99. The Morgan fingerprint density at radius 3 is 2.45 bits per heavy atom. The third kappa shape index (κ3) is 4.68. The van der Waals surface area contributed by atoms with Crippen molar-refractivity contribution in [3.05, 3.63) is 70.5 Å². The predicted molar refractivity (Wildman–Crippen MR) is 111 cm³/mol. The molecular formula is C22H20FNO4S. The summed E-state index contributed by atoms with van der Waals surface area (Å²) in [5, 5.41) is 11.1. The molecule has 1 atom stereocenters. The van der Waals surface area contributed by atoms with Crippen molar-refractivity contribution in [2.45, 2.75) is 18.2 Å². The number of nitrogens with one attached hydrogen (secondary N) is 1. The summed E-state index contributed by atoms with van der Waals surface area (Å²) in [6.45, 7) is 1.40. The molecule has 0 aliphatic heterocycles. The standard InChI is InChI=1S/C22H20FNO4S/c1-13-18(9-14-3-6-16(7-4-14)29(2)28)17-8-5-15(23)10-20(17)19(13)11-21(25)24-12-22(26)27/h3-10H,11-12H2,1-2H3,(H,24,25)(H,26,27)/b18-9+/t29-/m0/s1. The fourth-order valence-electron chi connectivity index (χ4n) is 3.30. The van der Waals surface area contributed by atoms with Crippen LogP contribution in [0.5, 0.6) is 0 Å². The molecule has 0 saturated heterocycles. The van der Waals surface area contributed by atoms with E-state index in [-0.39, 0.29) is 6.42 Å². The number of carboxylic acid groups (broad SMARTS) is 1. The van der Waals surface area contributed by atoms with Gasteiger partial charge in [-0.3, -0.25) is 13.8 Å². The second kappa shape index (κ2) is 8.53. The predicted octanol–water partition coefficient (Wildman–Crippen LogP) is 3.48. The lowest BCUT2D eigenvalue weighted by atomic mass is 10.0. The van der Waals surface area contributed by atoms with Gasteiger partial charge in [-0.05, 0) is 70.7 Å². The molecule has 0 heterocycles. The van der Waals surface area contributed by atoms with Crippen molar-refractivity contribution < 1.29 is 23.3 Å². The van der Waals surface area contributed by atoms with Gasteiger partial charge in [0.1, 0.15) is 12.4 Å². The number of amides is 1. The highest BCUT2D eigenvalue weighted by molar-refractivity contribution is 7.84. The first-order chi connectivity index (χ1) is 13.8. The molecule has 1 aliphatic rings. The molecular weight excluding hydrogens is 393 g/mol. The van der Waals surface area contributed by atoms with E-state index < -0.39 is 35.0 Å². The van der Waals surface area contributed by atoms with Gasteiger partial charge in [0.2, 0.25) is 5.91 Å². The number of hydrogen-bond acceptors (Lipinski definition) is 3. The van der Waals surface area contributed by atoms with Crippen LogP contribution >= 0.6 is 0 Å². The topological polar surface area (TPSA) is 83.5 Å². The van der Waals surface area contributed by atoms with E-state index in [1.54, 1.807) is 24.5 Å². The van der Waals surface area contributed by atoms with Crippen LogP contribution in [0.1, 0.15) is 30.0 Å². The number of carbonyl (C=O) groups excluding carboxylic acids is 1. The number of carbonyl (C=O) groups is 2. The summed E-state index contributed by atoms with van der Waals surface area (Å²) in [6, 6.07) is 11.7. The van der Waals surface area contributed by atoms with Crippen LogP contribution in [-0.2, 0) is 20.4 Å². The lowest BCUT2D eigenvalue weighted by Crippen LogP contribution is -2.29. The summed E-state index contributed by atoms with van der Waals surface area (Å²) in [4.78, 5) is 23.6. The van der Waals surface area contributed by atoms with Crippen LogP contribution in [0.2, 0.25) is 0 Å². The lowest BCUT2D eigenvalue weighted by molar-refractivity contribution is -0.137. The molecule has 1 aliphatic carbocycles. The number of hydrogen-bond donors (Lipinski definition) is 2. The van der Waals surface area contributed by atoms with Gasteiger partial charge >= 0.3 is 5.97 Å². The van der Waals surface area contributed by atoms with Crippen LogP contribution < -0.4 is 5.32 Å². The van der Waals surface area contributed by atoms with Gasteiger partial charge in [0.05, 0.1) is 6.42 Å². The molecule has 150 valence electrons. The summed E-state index contributed by atoms with van der Waals surface area (Å²) in [6.07, 6.45) is 3.51. The zero-order valence-electron chi connectivity index (χ0n) is 16.0. The number of allylic oxidation sites excluding steroid dienone is 2. The molecule has 0 saturated carbocycles. The molecule has 0 fully saturated rings. The molecule has 2 N–H and O–H groups in total. The molecule has 0 spiro atoms. The lowest BCUT2D eigenvalue weighted by Gasteiger charge is -2.07. The van der Waals surface area contributed by atoms with E-state index in [0.29, 0.717) is 11.1 Å². The number of rotatable bonds is 6. The molecule has 0 aromatic heterocycles. The molecule has 3 rings (SSSR count). The van der Waals surface area contributed by atoms with Gasteiger partial charge in [-0.2, -0.15) is 0 Å². The molecule has 0 bridgehead atoms. The molecule has 1 amide bonds. The highest BCUT2D eigenvalue weighted by atomic mass is 32.2. The van der Waals surface area contributed by atoms with Crippen LogP contribution in [0.4, 0.5) is 4.39 Å². The quantitative estimate of drug-likeness (QED) is 0.760. The molecule has 2 aromatic rings. The molecule has 0 unspecified atom stereocenters. The van der Waals surface area contributed by atoms with Gasteiger partial charge in [-0.25, -0.2) is 4.39 Å².